The van der Waals surface area contributed by atoms with E-state index >= 15 is 0 Å². The van der Waals surface area contributed by atoms with E-state index in [1.807, 2.05) is 48.5 Å². The van der Waals surface area contributed by atoms with Crippen LogP contribution in [0.5, 0.6) is 0 Å². The van der Waals surface area contributed by atoms with Crippen LogP contribution < -0.4 is 5.32 Å². The summed E-state index contributed by atoms with van der Waals surface area (Å²) in [6, 6.07) is 29.7. The molecule has 33 heavy (non-hydrogen) atoms. The smallest absolute Gasteiger partial charge is 0.255 e. The lowest BCUT2D eigenvalue weighted by Gasteiger charge is -2.07. The SMILES string of the molecule is Cc1ccc2nc(-c3ccc(NC(=O)c4ccc(C(=O)c5ccccc5)cc4)cc3)sc2c1. The predicted molar refractivity (Wildman–Crippen MR) is 134 cm³/mol. The Morgan fingerprint density at radius 1 is 0.758 bits per heavy atom. The van der Waals surface area contributed by atoms with Gasteiger partial charge in [-0.3, -0.25) is 9.59 Å². The zero-order valence-corrected chi connectivity index (χ0v) is 18.7. The molecule has 4 nitrogen and oxygen atoms in total. The molecule has 5 rings (SSSR count). The molecule has 0 saturated heterocycles. The highest BCUT2D eigenvalue weighted by Gasteiger charge is 2.12. The average molecular weight is 449 g/mol. The van der Waals surface area contributed by atoms with E-state index in [9.17, 15) is 9.59 Å². The molecule has 0 aliphatic heterocycles. The number of nitrogens with zero attached hydrogens (tertiary/aromatic N) is 1. The summed E-state index contributed by atoms with van der Waals surface area (Å²) in [7, 11) is 0. The first-order chi connectivity index (χ1) is 16.1. The molecule has 0 aliphatic rings. The standard InChI is InChI=1S/C28H20N2O2S/c1-18-7-16-24-25(17-18)33-28(30-24)22-12-14-23(15-13-22)29-27(32)21-10-8-20(9-11-21)26(31)19-5-3-2-4-6-19/h2-17H,1H3,(H,29,32). The quantitative estimate of drug-likeness (QED) is 0.302. The Bertz CT molecular complexity index is 1450. The Labute approximate surface area is 195 Å². The summed E-state index contributed by atoms with van der Waals surface area (Å²) in [5.74, 6) is -0.292. The van der Waals surface area contributed by atoms with Gasteiger partial charge >= 0.3 is 0 Å². The molecule has 0 atom stereocenters. The van der Waals surface area contributed by atoms with Crippen molar-refractivity contribution >= 4 is 38.9 Å². The minimum Gasteiger partial charge on any atom is -0.322 e. The van der Waals surface area contributed by atoms with Crippen molar-refractivity contribution in [2.75, 3.05) is 5.32 Å². The van der Waals surface area contributed by atoms with E-state index in [-0.39, 0.29) is 11.7 Å². The second-order valence-electron chi connectivity index (χ2n) is 7.79. The van der Waals surface area contributed by atoms with Crippen molar-refractivity contribution in [1.82, 2.24) is 4.98 Å². The van der Waals surface area contributed by atoms with Crippen LogP contribution in [-0.2, 0) is 0 Å². The molecule has 0 fully saturated rings. The minimum absolute atomic E-state index is 0.0665. The lowest BCUT2D eigenvalue weighted by molar-refractivity contribution is 0.102. The van der Waals surface area contributed by atoms with Gasteiger partial charge in [-0.05, 0) is 61.0 Å². The molecule has 160 valence electrons. The maximum atomic E-state index is 12.7. The number of carbonyl (C=O) groups excluding carboxylic acids is 2. The molecular formula is C28H20N2O2S. The summed E-state index contributed by atoms with van der Waals surface area (Å²) < 4.78 is 1.16. The van der Waals surface area contributed by atoms with Crippen LogP contribution in [0.4, 0.5) is 5.69 Å². The number of aryl methyl sites for hydroxylation is 1. The molecule has 4 aromatic carbocycles. The van der Waals surface area contributed by atoms with Crippen LogP contribution in [0.15, 0.2) is 97.1 Å². The van der Waals surface area contributed by atoms with Crippen molar-refractivity contribution in [1.29, 1.82) is 0 Å². The molecule has 0 bridgehead atoms. The van der Waals surface area contributed by atoms with Gasteiger partial charge in [0.05, 0.1) is 10.2 Å². The van der Waals surface area contributed by atoms with Crippen LogP contribution in [-0.4, -0.2) is 16.7 Å². The van der Waals surface area contributed by atoms with Gasteiger partial charge in [0.15, 0.2) is 5.78 Å². The summed E-state index contributed by atoms with van der Waals surface area (Å²) >= 11 is 1.66. The van der Waals surface area contributed by atoms with Gasteiger partial charge in [-0.25, -0.2) is 4.98 Å². The van der Waals surface area contributed by atoms with Gasteiger partial charge in [-0.15, -0.1) is 11.3 Å². The topological polar surface area (TPSA) is 59.1 Å². The van der Waals surface area contributed by atoms with Crippen LogP contribution in [0.3, 0.4) is 0 Å². The Morgan fingerprint density at radius 3 is 2.15 bits per heavy atom. The van der Waals surface area contributed by atoms with Gasteiger partial charge in [0, 0.05) is 27.9 Å². The van der Waals surface area contributed by atoms with Gasteiger partial charge in [-0.1, -0.05) is 48.5 Å². The number of anilines is 1. The molecule has 0 radical (unpaired) electrons. The number of hydrogen-bond donors (Lipinski definition) is 1. The summed E-state index contributed by atoms with van der Waals surface area (Å²) in [6.45, 7) is 2.07. The number of benzene rings is 4. The van der Waals surface area contributed by atoms with Gasteiger partial charge in [0.1, 0.15) is 5.01 Å². The molecule has 0 unspecified atom stereocenters. The van der Waals surface area contributed by atoms with Crippen molar-refractivity contribution in [2.45, 2.75) is 6.92 Å². The zero-order valence-electron chi connectivity index (χ0n) is 17.9. The fourth-order valence-corrected chi connectivity index (χ4v) is 4.65. The summed E-state index contributed by atoms with van der Waals surface area (Å²) in [5.41, 5.74) is 5.58. The molecule has 1 N–H and O–H groups in total. The molecule has 0 saturated carbocycles. The van der Waals surface area contributed by atoms with Gasteiger partial charge < -0.3 is 5.32 Å². The van der Waals surface area contributed by atoms with Crippen molar-refractivity contribution in [3.05, 3.63) is 119 Å². The second-order valence-corrected chi connectivity index (χ2v) is 8.82. The number of fused-ring (bicyclic) bond motifs is 1. The average Bonchev–Trinajstić information content (AvgIpc) is 3.28. The van der Waals surface area contributed by atoms with E-state index in [2.05, 4.69) is 24.4 Å². The first-order valence-electron chi connectivity index (χ1n) is 10.6. The maximum absolute atomic E-state index is 12.7. The zero-order chi connectivity index (χ0) is 22.8. The maximum Gasteiger partial charge on any atom is 0.255 e. The molecule has 1 amide bonds. The van der Waals surface area contributed by atoms with E-state index in [4.69, 9.17) is 4.98 Å². The van der Waals surface area contributed by atoms with E-state index in [0.29, 0.717) is 22.4 Å². The molecule has 0 spiro atoms. The Hall–Kier alpha value is -4.09. The van der Waals surface area contributed by atoms with Crippen LogP contribution >= 0.6 is 11.3 Å². The minimum atomic E-state index is -0.225. The number of amides is 1. The first kappa shape index (κ1) is 20.8. The third-order valence-corrected chi connectivity index (χ3v) is 6.45. The Morgan fingerprint density at radius 2 is 1.42 bits per heavy atom. The third-order valence-electron chi connectivity index (χ3n) is 5.38. The van der Waals surface area contributed by atoms with Gasteiger partial charge in [0.25, 0.3) is 5.91 Å². The molecule has 1 aromatic heterocycles. The highest BCUT2D eigenvalue weighted by molar-refractivity contribution is 7.21. The van der Waals surface area contributed by atoms with Crippen LogP contribution in [0.25, 0.3) is 20.8 Å². The van der Waals surface area contributed by atoms with Crippen LogP contribution in [0.2, 0.25) is 0 Å². The number of carbonyl (C=O) groups is 2. The number of hydrogen-bond acceptors (Lipinski definition) is 4. The number of rotatable bonds is 5. The molecule has 1 heterocycles. The van der Waals surface area contributed by atoms with Crippen molar-refractivity contribution in [3.63, 3.8) is 0 Å². The molecule has 0 aliphatic carbocycles. The Kier molecular flexibility index (Phi) is 5.55. The molecular weight excluding hydrogens is 428 g/mol. The normalized spacial score (nSPS) is 10.8. The van der Waals surface area contributed by atoms with E-state index in [1.165, 1.54) is 5.56 Å². The monoisotopic (exact) mass is 448 g/mol. The predicted octanol–water partition coefficient (Wildman–Crippen LogP) is 6.76. The number of aromatic nitrogens is 1. The van der Waals surface area contributed by atoms with Crippen molar-refractivity contribution in [3.8, 4) is 10.6 Å². The number of nitrogens with one attached hydrogen (secondary N) is 1. The molecule has 5 aromatic rings. The van der Waals surface area contributed by atoms with E-state index < -0.39 is 0 Å². The Balaban J connectivity index is 1.28. The van der Waals surface area contributed by atoms with Gasteiger partial charge in [0.2, 0.25) is 0 Å². The second kappa shape index (κ2) is 8.81. The lowest BCUT2D eigenvalue weighted by Crippen LogP contribution is -2.12. The number of ketones is 1. The number of thiazole rings is 1. The summed E-state index contributed by atoms with van der Waals surface area (Å²) in [6.07, 6.45) is 0. The van der Waals surface area contributed by atoms with Crippen molar-refractivity contribution < 1.29 is 9.59 Å². The highest BCUT2D eigenvalue weighted by Crippen LogP contribution is 2.31. The third kappa shape index (κ3) is 4.45. The van der Waals surface area contributed by atoms with E-state index in [0.717, 1.165) is 20.8 Å². The van der Waals surface area contributed by atoms with Crippen LogP contribution in [0, 0.1) is 6.92 Å². The largest absolute Gasteiger partial charge is 0.322 e. The van der Waals surface area contributed by atoms with Crippen LogP contribution in [0.1, 0.15) is 31.8 Å². The summed E-state index contributed by atoms with van der Waals surface area (Å²) in [5, 5.41) is 3.86. The molecule has 5 heteroatoms. The fourth-order valence-electron chi connectivity index (χ4n) is 3.58. The first-order valence-corrected chi connectivity index (χ1v) is 11.4. The van der Waals surface area contributed by atoms with Gasteiger partial charge in [-0.2, -0.15) is 0 Å². The van der Waals surface area contributed by atoms with Crippen molar-refractivity contribution in [2.24, 2.45) is 0 Å². The summed E-state index contributed by atoms with van der Waals surface area (Å²) in [4.78, 5) is 29.9. The van der Waals surface area contributed by atoms with E-state index in [1.54, 1.807) is 47.7 Å². The fraction of sp³-hybridized carbons (Fsp3) is 0.0357. The highest BCUT2D eigenvalue weighted by atomic mass is 32.1. The lowest BCUT2D eigenvalue weighted by atomic mass is 10.0.